The number of rotatable bonds is 2. The highest BCUT2D eigenvalue weighted by molar-refractivity contribution is 6.36. The van der Waals surface area contributed by atoms with Crippen molar-refractivity contribution < 1.29 is 9.90 Å². The van der Waals surface area contributed by atoms with Crippen LogP contribution < -0.4 is 5.32 Å². The summed E-state index contributed by atoms with van der Waals surface area (Å²) in [5.74, 6) is 1.37. The van der Waals surface area contributed by atoms with Gasteiger partial charge in [0.25, 0.3) is 0 Å². The summed E-state index contributed by atoms with van der Waals surface area (Å²) < 4.78 is 0. The summed E-state index contributed by atoms with van der Waals surface area (Å²) in [6.07, 6.45) is 3.78. The Balaban J connectivity index is 1.63. The summed E-state index contributed by atoms with van der Waals surface area (Å²) in [6, 6.07) is 11.2. The Bertz CT molecular complexity index is 896. The number of aromatic carboxylic acids is 1. The van der Waals surface area contributed by atoms with Crippen molar-refractivity contribution in [3.05, 3.63) is 63.1 Å². The normalized spacial score (nSPS) is 31.2. The largest absolute Gasteiger partial charge is 0.478 e. The Kier molecular flexibility index (Phi) is 3.74. The summed E-state index contributed by atoms with van der Waals surface area (Å²) in [6.45, 7) is 0. The van der Waals surface area contributed by atoms with Crippen molar-refractivity contribution in [1.29, 1.82) is 0 Å². The molecule has 2 bridgehead atoms. The molecule has 26 heavy (non-hydrogen) atoms. The standard InChI is InChI=1S/C21H19Cl2NO2/c22-14-7-8-15(23)20-18(14)16-12-5-6-13(9-12)17(16)19(24-20)10-1-3-11(4-2-10)21(25)26/h1-4,7-8,12-13,16-17,19,24H,5-6,9H2,(H,25,26). The van der Waals surface area contributed by atoms with Crippen LogP contribution in [0.3, 0.4) is 0 Å². The van der Waals surface area contributed by atoms with Crippen molar-refractivity contribution in [3.8, 4) is 0 Å². The maximum absolute atomic E-state index is 11.2. The zero-order chi connectivity index (χ0) is 18.0. The Morgan fingerprint density at radius 1 is 1.00 bits per heavy atom. The molecule has 0 spiro atoms. The Hall–Kier alpha value is -1.71. The van der Waals surface area contributed by atoms with Crippen molar-refractivity contribution in [2.75, 3.05) is 5.32 Å². The van der Waals surface area contributed by atoms with E-state index in [2.05, 4.69) is 5.32 Å². The lowest BCUT2D eigenvalue weighted by Gasteiger charge is -2.44. The van der Waals surface area contributed by atoms with Gasteiger partial charge in [-0.3, -0.25) is 0 Å². The van der Waals surface area contributed by atoms with Gasteiger partial charge < -0.3 is 10.4 Å². The smallest absolute Gasteiger partial charge is 0.335 e. The third-order valence-corrected chi connectivity index (χ3v) is 7.30. The van der Waals surface area contributed by atoms with Gasteiger partial charge in [-0.1, -0.05) is 35.3 Å². The lowest BCUT2D eigenvalue weighted by Crippen LogP contribution is -2.35. The molecule has 3 aliphatic rings. The van der Waals surface area contributed by atoms with E-state index >= 15 is 0 Å². The molecular formula is C21H19Cl2NO2. The predicted octanol–water partition coefficient (Wildman–Crippen LogP) is 5.99. The highest BCUT2D eigenvalue weighted by Gasteiger charge is 2.54. The molecule has 0 saturated heterocycles. The van der Waals surface area contributed by atoms with Gasteiger partial charge in [0.05, 0.1) is 22.3 Å². The van der Waals surface area contributed by atoms with Crippen LogP contribution in [0.5, 0.6) is 0 Å². The molecule has 0 amide bonds. The second-order valence-corrected chi connectivity index (χ2v) is 8.62. The monoisotopic (exact) mass is 387 g/mol. The van der Waals surface area contributed by atoms with E-state index in [1.54, 1.807) is 12.1 Å². The van der Waals surface area contributed by atoms with Crippen molar-refractivity contribution in [3.63, 3.8) is 0 Å². The fourth-order valence-electron chi connectivity index (χ4n) is 5.67. The van der Waals surface area contributed by atoms with E-state index in [4.69, 9.17) is 23.2 Å². The SMILES string of the molecule is O=C(O)c1ccc(C2Nc3c(Cl)ccc(Cl)c3C3C4CCC(C4)C23)cc1. The van der Waals surface area contributed by atoms with Gasteiger partial charge in [0.2, 0.25) is 0 Å². The summed E-state index contributed by atoms with van der Waals surface area (Å²) >= 11 is 13.1. The Morgan fingerprint density at radius 2 is 1.69 bits per heavy atom. The third-order valence-electron chi connectivity index (χ3n) is 6.66. The number of carboxylic acids is 1. The molecule has 2 aromatic carbocycles. The lowest BCUT2D eigenvalue weighted by molar-refractivity contribution is 0.0697. The van der Waals surface area contributed by atoms with Gasteiger partial charge in [-0.05, 0) is 78.3 Å². The maximum atomic E-state index is 11.2. The molecule has 2 saturated carbocycles. The fraction of sp³-hybridized carbons (Fsp3) is 0.381. The van der Waals surface area contributed by atoms with E-state index < -0.39 is 5.97 Å². The van der Waals surface area contributed by atoms with E-state index in [1.807, 2.05) is 24.3 Å². The molecule has 2 aromatic rings. The zero-order valence-corrected chi connectivity index (χ0v) is 15.6. The first-order valence-corrected chi connectivity index (χ1v) is 9.88. The molecule has 2 fully saturated rings. The van der Waals surface area contributed by atoms with Crippen LogP contribution in [0.2, 0.25) is 10.0 Å². The second kappa shape index (κ2) is 5.90. The molecule has 134 valence electrons. The number of halogens is 2. The van der Waals surface area contributed by atoms with E-state index in [1.165, 1.54) is 24.8 Å². The number of hydrogen-bond acceptors (Lipinski definition) is 2. The molecule has 5 atom stereocenters. The van der Waals surface area contributed by atoms with Gasteiger partial charge in [-0.25, -0.2) is 4.79 Å². The van der Waals surface area contributed by atoms with Gasteiger partial charge in [0, 0.05) is 5.02 Å². The molecule has 5 rings (SSSR count). The number of nitrogens with one attached hydrogen (secondary N) is 1. The van der Waals surface area contributed by atoms with Gasteiger partial charge in [-0.15, -0.1) is 0 Å². The van der Waals surface area contributed by atoms with Crippen molar-refractivity contribution >= 4 is 34.9 Å². The second-order valence-electron chi connectivity index (χ2n) is 7.80. The van der Waals surface area contributed by atoms with E-state index in [9.17, 15) is 9.90 Å². The minimum atomic E-state index is -0.897. The number of hydrogen-bond donors (Lipinski definition) is 2. The first-order chi connectivity index (χ1) is 12.5. The van der Waals surface area contributed by atoms with E-state index in [0.29, 0.717) is 34.3 Å². The zero-order valence-electron chi connectivity index (χ0n) is 14.1. The molecule has 5 heteroatoms. The third kappa shape index (κ3) is 2.30. The van der Waals surface area contributed by atoms with Crippen LogP contribution in [0.25, 0.3) is 0 Å². The van der Waals surface area contributed by atoms with Crippen molar-refractivity contribution in [1.82, 2.24) is 0 Å². The molecule has 5 unspecified atom stereocenters. The van der Waals surface area contributed by atoms with E-state index in [0.717, 1.165) is 16.3 Å². The van der Waals surface area contributed by atoms with Crippen molar-refractivity contribution in [2.45, 2.75) is 31.2 Å². The van der Waals surface area contributed by atoms with Gasteiger partial charge in [0.1, 0.15) is 0 Å². The van der Waals surface area contributed by atoms with Crippen LogP contribution in [-0.2, 0) is 0 Å². The van der Waals surface area contributed by atoms with Crippen LogP contribution in [-0.4, -0.2) is 11.1 Å². The number of benzene rings is 2. The molecule has 2 N–H and O–H groups in total. The molecule has 3 nitrogen and oxygen atoms in total. The highest BCUT2D eigenvalue weighted by atomic mass is 35.5. The molecular weight excluding hydrogens is 369 g/mol. The molecule has 0 aromatic heterocycles. The maximum Gasteiger partial charge on any atom is 0.335 e. The van der Waals surface area contributed by atoms with Gasteiger partial charge in [-0.2, -0.15) is 0 Å². The van der Waals surface area contributed by atoms with Gasteiger partial charge >= 0.3 is 5.97 Å². The summed E-state index contributed by atoms with van der Waals surface area (Å²) in [4.78, 5) is 11.2. The Morgan fingerprint density at radius 3 is 2.42 bits per heavy atom. The predicted molar refractivity (Wildman–Crippen MR) is 103 cm³/mol. The first-order valence-electron chi connectivity index (χ1n) is 9.12. The quantitative estimate of drug-likeness (QED) is 0.665. The topological polar surface area (TPSA) is 49.3 Å². The van der Waals surface area contributed by atoms with Crippen LogP contribution in [0.1, 0.15) is 52.7 Å². The number of carboxylic acid groups (broad SMARTS) is 1. The fourth-order valence-corrected chi connectivity index (χ4v) is 6.18. The average molecular weight is 388 g/mol. The first kappa shape index (κ1) is 16.5. The molecule has 1 aliphatic heterocycles. The highest BCUT2D eigenvalue weighted by Crippen LogP contribution is 2.65. The van der Waals surface area contributed by atoms with Crippen LogP contribution in [0.15, 0.2) is 36.4 Å². The van der Waals surface area contributed by atoms with Crippen LogP contribution in [0, 0.1) is 17.8 Å². The number of anilines is 1. The molecule has 0 radical (unpaired) electrons. The summed E-state index contributed by atoms with van der Waals surface area (Å²) in [7, 11) is 0. The van der Waals surface area contributed by atoms with Crippen LogP contribution in [0.4, 0.5) is 5.69 Å². The molecule has 1 heterocycles. The van der Waals surface area contributed by atoms with Crippen LogP contribution >= 0.6 is 23.2 Å². The lowest BCUT2D eigenvalue weighted by atomic mass is 9.68. The summed E-state index contributed by atoms with van der Waals surface area (Å²) in [5.41, 5.74) is 3.59. The number of carbonyl (C=O) groups is 1. The number of fused-ring (bicyclic) bond motifs is 7. The minimum Gasteiger partial charge on any atom is -0.478 e. The molecule has 2 aliphatic carbocycles. The van der Waals surface area contributed by atoms with E-state index in [-0.39, 0.29) is 6.04 Å². The van der Waals surface area contributed by atoms with Gasteiger partial charge in [0.15, 0.2) is 0 Å². The minimum absolute atomic E-state index is 0.140. The summed E-state index contributed by atoms with van der Waals surface area (Å²) in [5, 5.41) is 14.3. The average Bonchev–Trinajstić information content (AvgIpc) is 3.26. The van der Waals surface area contributed by atoms with Crippen molar-refractivity contribution in [2.24, 2.45) is 17.8 Å². The Labute approximate surface area is 162 Å².